The molecule has 1 aliphatic rings. The molecule has 0 amide bonds. The quantitative estimate of drug-likeness (QED) is 0.851. The largest absolute Gasteiger partial charge is 0.508 e. The van der Waals surface area contributed by atoms with Gasteiger partial charge in [0.1, 0.15) is 11.5 Å². The lowest BCUT2D eigenvalue weighted by Gasteiger charge is -2.41. The van der Waals surface area contributed by atoms with Gasteiger partial charge in [-0.3, -0.25) is 0 Å². The summed E-state index contributed by atoms with van der Waals surface area (Å²) in [5.74, 6) is 0.0744. The van der Waals surface area contributed by atoms with E-state index in [0.29, 0.717) is 6.61 Å². The van der Waals surface area contributed by atoms with Crippen LogP contribution in [-0.4, -0.2) is 22.6 Å². The summed E-state index contributed by atoms with van der Waals surface area (Å²) < 4.78 is 12.0. The van der Waals surface area contributed by atoms with Crippen molar-refractivity contribution in [2.45, 2.75) is 32.2 Å². The third-order valence-electron chi connectivity index (χ3n) is 4.35. The van der Waals surface area contributed by atoms with Crippen LogP contribution in [-0.2, 0) is 9.47 Å². The molecule has 2 N–H and O–H groups in total. The van der Waals surface area contributed by atoms with Crippen molar-refractivity contribution in [3.8, 4) is 11.5 Å². The molecule has 2 atom stereocenters. The number of phenolic OH excluding ortho intramolecular Hbond substituents is 2. The van der Waals surface area contributed by atoms with E-state index < -0.39 is 5.79 Å². The fourth-order valence-corrected chi connectivity index (χ4v) is 2.99. The molecule has 1 fully saturated rings. The molecule has 3 rings (SSSR count). The van der Waals surface area contributed by atoms with Crippen LogP contribution in [0.15, 0.2) is 54.6 Å². The summed E-state index contributed by atoms with van der Waals surface area (Å²) in [5.41, 5.74) is 2.08. The summed E-state index contributed by atoms with van der Waals surface area (Å²) in [7, 11) is 0. The number of rotatable bonds is 4. The molecule has 2 aromatic rings. The zero-order chi connectivity index (χ0) is 17.9. The number of aromatic hydroxyl groups is 2. The Hall–Kier alpha value is -2.30. The third-order valence-corrected chi connectivity index (χ3v) is 4.35. The first-order valence-electron chi connectivity index (χ1n) is 8.49. The van der Waals surface area contributed by atoms with E-state index in [1.165, 1.54) is 0 Å². The monoisotopic (exact) mass is 340 g/mol. The van der Waals surface area contributed by atoms with Crippen LogP contribution in [0.1, 0.15) is 37.5 Å². The van der Waals surface area contributed by atoms with Gasteiger partial charge >= 0.3 is 0 Å². The Balaban J connectivity index is 1.73. The Bertz CT molecular complexity index is 717. The predicted octanol–water partition coefficient (Wildman–Crippen LogP) is 4.64. The number of hydrogen-bond acceptors (Lipinski definition) is 4. The standard InChI is InChI=1S/C21H24O4/c1-21(2)24-14-17(5-3-4-15-6-10-18(22)11-7-15)20(25-21)16-8-12-19(23)13-9-16/h3-4,6-13,17,20,22-23H,5,14H2,1-2H3/b4-3+/t17-,20+/m0/s1. The van der Waals surface area contributed by atoms with Gasteiger partial charge in [-0.2, -0.15) is 0 Å². The highest BCUT2D eigenvalue weighted by atomic mass is 16.7. The summed E-state index contributed by atoms with van der Waals surface area (Å²) in [5, 5.41) is 18.9. The second kappa shape index (κ2) is 7.30. The minimum atomic E-state index is -0.625. The van der Waals surface area contributed by atoms with Crippen LogP contribution in [0.25, 0.3) is 6.08 Å². The molecule has 4 nitrogen and oxygen atoms in total. The molecule has 1 heterocycles. The zero-order valence-corrected chi connectivity index (χ0v) is 14.6. The summed E-state index contributed by atoms with van der Waals surface area (Å²) in [4.78, 5) is 0. The van der Waals surface area contributed by atoms with Crippen LogP contribution in [0.4, 0.5) is 0 Å². The molecule has 4 heteroatoms. The lowest BCUT2D eigenvalue weighted by atomic mass is 9.91. The fourth-order valence-electron chi connectivity index (χ4n) is 2.99. The molecule has 0 radical (unpaired) electrons. The first-order chi connectivity index (χ1) is 11.9. The maximum atomic E-state index is 9.52. The van der Waals surface area contributed by atoms with E-state index in [9.17, 15) is 10.2 Å². The molecule has 132 valence electrons. The topological polar surface area (TPSA) is 58.9 Å². The number of benzene rings is 2. The van der Waals surface area contributed by atoms with Gasteiger partial charge in [-0.05, 0) is 55.7 Å². The highest BCUT2D eigenvalue weighted by Gasteiger charge is 2.36. The minimum absolute atomic E-state index is 0.0891. The van der Waals surface area contributed by atoms with Gasteiger partial charge in [0.05, 0.1) is 12.7 Å². The Morgan fingerprint density at radius 2 is 1.60 bits per heavy atom. The second-order valence-electron chi connectivity index (χ2n) is 6.83. The maximum absolute atomic E-state index is 9.52. The number of ether oxygens (including phenoxy) is 2. The molecule has 2 aromatic carbocycles. The van der Waals surface area contributed by atoms with Crippen molar-refractivity contribution >= 4 is 6.08 Å². The van der Waals surface area contributed by atoms with Crippen molar-refractivity contribution in [3.63, 3.8) is 0 Å². The van der Waals surface area contributed by atoms with Gasteiger partial charge < -0.3 is 19.7 Å². The number of hydrogen-bond donors (Lipinski definition) is 2. The van der Waals surface area contributed by atoms with E-state index in [0.717, 1.165) is 17.5 Å². The van der Waals surface area contributed by atoms with Gasteiger partial charge in [-0.25, -0.2) is 0 Å². The maximum Gasteiger partial charge on any atom is 0.163 e. The van der Waals surface area contributed by atoms with Crippen molar-refractivity contribution < 1.29 is 19.7 Å². The van der Waals surface area contributed by atoms with Crippen molar-refractivity contribution in [1.82, 2.24) is 0 Å². The predicted molar refractivity (Wildman–Crippen MR) is 97.2 cm³/mol. The van der Waals surface area contributed by atoms with Gasteiger partial charge in [0.25, 0.3) is 0 Å². The molecule has 1 saturated heterocycles. The SMILES string of the molecule is CC1(C)OC[C@H](C/C=C/c2ccc(O)cc2)[C@@H](c2ccc(O)cc2)O1. The number of allylic oxidation sites excluding steroid dienone is 1. The van der Waals surface area contributed by atoms with Gasteiger partial charge in [0.15, 0.2) is 5.79 Å². The van der Waals surface area contributed by atoms with Gasteiger partial charge in [-0.15, -0.1) is 0 Å². The molecule has 25 heavy (non-hydrogen) atoms. The lowest BCUT2D eigenvalue weighted by molar-refractivity contribution is -0.295. The van der Waals surface area contributed by atoms with Crippen LogP contribution in [0.2, 0.25) is 0 Å². The summed E-state index contributed by atoms with van der Waals surface area (Å²) in [6.45, 7) is 4.45. The smallest absolute Gasteiger partial charge is 0.163 e. The van der Waals surface area contributed by atoms with Gasteiger partial charge in [0, 0.05) is 5.92 Å². The average molecular weight is 340 g/mol. The Labute approximate surface area is 148 Å². The Morgan fingerprint density at radius 1 is 1.00 bits per heavy atom. The molecule has 0 aliphatic carbocycles. The fraction of sp³-hybridized carbons (Fsp3) is 0.333. The summed E-state index contributed by atoms with van der Waals surface area (Å²) >= 11 is 0. The van der Waals surface area contributed by atoms with E-state index >= 15 is 0 Å². The van der Waals surface area contributed by atoms with E-state index in [2.05, 4.69) is 6.08 Å². The van der Waals surface area contributed by atoms with Gasteiger partial charge in [0.2, 0.25) is 0 Å². The van der Waals surface area contributed by atoms with Gasteiger partial charge in [-0.1, -0.05) is 36.4 Å². The summed E-state index contributed by atoms with van der Waals surface area (Å²) in [6, 6.07) is 14.3. The average Bonchev–Trinajstić information content (AvgIpc) is 2.58. The normalized spacial score (nSPS) is 23.0. The van der Waals surface area contributed by atoms with Crippen LogP contribution < -0.4 is 0 Å². The molecule has 0 aromatic heterocycles. The van der Waals surface area contributed by atoms with E-state index in [4.69, 9.17) is 9.47 Å². The zero-order valence-electron chi connectivity index (χ0n) is 14.6. The summed E-state index contributed by atoms with van der Waals surface area (Å²) in [6.07, 6.45) is 4.86. The van der Waals surface area contributed by atoms with E-state index in [-0.39, 0.29) is 23.5 Å². The molecule has 0 bridgehead atoms. The van der Waals surface area contributed by atoms with Crippen LogP contribution in [0.3, 0.4) is 0 Å². The highest BCUT2D eigenvalue weighted by Crippen LogP contribution is 2.39. The highest BCUT2D eigenvalue weighted by molar-refractivity contribution is 5.50. The van der Waals surface area contributed by atoms with Crippen molar-refractivity contribution in [2.75, 3.05) is 6.61 Å². The molecule has 0 saturated carbocycles. The minimum Gasteiger partial charge on any atom is -0.508 e. The van der Waals surface area contributed by atoms with Crippen molar-refractivity contribution in [1.29, 1.82) is 0 Å². The molecular weight excluding hydrogens is 316 g/mol. The first-order valence-corrected chi connectivity index (χ1v) is 8.49. The van der Waals surface area contributed by atoms with Crippen LogP contribution in [0.5, 0.6) is 11.5 Å². The Morgan fingerprint density at radius 3 is 2.24 bits per heavy atom. The molecule has 0 spiro atoms. The van der Waals surface area contributed by atoms with E-state index in [1.807, 2.05) is 44.2 Å². The molecular formula is C21H24O4. The van der Waals surface area contributed by atoms with Crippen molar-refractivity contribution in [2.24, 2.45) is 5.92 Å². The first kappa shape index (κ1) is 17.5. The molecule has 0 unspecified atom stereocenters. The van der Waals surface area contributed by atoms with Crippen molar-refractivity contribution in [3.05, 3.63) is 65.7 Å². The number of phenols is 2. The molecule has 1 aliphatic heterocycles. The van der Waals surface area contributed by atoms with E-state index in [1.54, 1.807) is 24.3 Å². The third kappa shape index (κ3) is 4.62. The lowest BCUT2D eigenvalue weighted by Crippen LogP contribution is -2.41. The van der Waals surface area contributed by atoms with Crippen LogP contribution >= 0.6 is 0 Å². The second-order valence-corrected chi connectivity index (χ2v) is 6.83. The van der Waals surface area contributed by atoms with Crippen LogP contribution in [0, 0.1) is 5.92 Å². The Kier molecular flexibility index (Phi) is 5.11.